The number of esters is 1. The fraction of sp³-hybridized carbons (Fsp3) is 0.200. The molecule has 0 saturated carbocycles. The third-order valence-corrected chi connectivity index (χ3v) is 4.79. The summed E-state index contributed by atoms with van der Waals surface area (Å²) in [6.07, 6.45) is 3.75. The van der Waals surface area contributed by atoms with Crippen LogP contribution in [0.3, 0.4) is 0 Å². The van der Waals surface area contributed by atoms with Crippen LogP contribution in [0.1, 0.15) is 39.8 Å². The molecule has 3 rings (SSSR count). The first-order valence-electron chi connectivity index (χ1n) is 9.71. The molecule has 0 unspecified atom stereocenters. The van der Waals surface area contributed by atoms with Gasteiger partial charge in [0, 0.05) is 22.6 Å². The number of benzene rings is 2. The molecular formula is C25H25NO3. The fourth-order valence-electron chi connectivity index (χ4n) is 3.36. The Kier molecular flexibility index (Phi) is 6.45. The van der Waals surface area contributed by atoms with Crippen molar-refractivity contribution in [1.29, 1.82) is 0 Å². The molecule has 0 spiro atoms. The van der Waals surface area contributed by atoms with E-state index in [4.69, 9.17) is 4.74 Å². The van der Waals surface area contributed by atoms with Crippen LogP contribution in [0.15, 0.2) is 66.7 Å². The molecule has 0 amide bonds. The molecule has 3 aromatic rings. The average molecular weight is 387 g/mol. The standard InChI is InChI=1S/C25H25NO3/c1-4-29-25(28)17-20-10-13-23(14-11-20)26-18(2)16-22(19(26)3)12-15-24(27)21-8-6-5-7-9-21/h5-16H,4,17H2,1-3H3/b15-12+. The highest BCUT2D eigenvalue weighted by Gasteiger charge is 2.10. The quantitative estimate of drug-likeness (QED) is 0.322. The van der Waals surface area contributed by atoms with Crippen molar-refractivity contribution < 1.29 is 14.3 Å². The lowest BCUT2D eigenvalue weighted by atomic mass is 10.1. The van der Waals surface area contributed by atoms with E-state index in [0.29, 0.717) is 12.2 Å². The number of hydrogen-bond acceptors (Lipinski definition) is 3. The molecule has 148 valence electrons. The molecule has 0 saturated heterocycles. The van der Waals surface area contributed by atoms with Gasteiger partial charge in [0.25, 0.3) is 0 Å². The maximum Gasteiger partial charge on any atom is 0.310 e. The topological polar surface area (TPSA) is 48.3 Å². The zero-order chi connectivity index (χ0) is 20.8. The number of rotatable bonds is 7. The van der Waals surface area contributed by atoms with E-state index >= 15 is 0 Å². The predicted octanol–water partition coefficient (Wildman–Crippen LogP) is 5.10. The summed E-state index contributed by atoms with van der Waals surface area (Å²) in [7, 11) is 0. The average Bonchev–Trinajstić information content (AvgIpc) is 3.01. The minimum Gasteiger partial charge on any atom is -0.466 e. The minimum absolute atomic E-state index is 0.0151. The molecule has 1 heterocycles. The van der Waals surface area contributed by atoms with E-state index in [1.807, 2.05) is 74.5 Å². The van der Waals surface area contributed by atoms with Gasteiger partial charge < -0.3 is 9.30 Å². The smallest absolute Gasteiger partial charge is 0.310 e. The molecule has 2 aromatic carbocycles. The van der Waals surface area contributed by atoms with E-state index in [2.05, 4.69) is 10.6 Å². The van der Waals surface area contributed by atoms with Crippen LogP contribution in [0.5, 0.6) is 0 Å². The molecule has 4 heteroatoms. The Morgan fingerprint density at radius 2 is 1.69 bits per heavy atom. The zero-order valence-electron chi connectivity index (χ0n) is 17.0. The number of ketones is 1. The van der Waals surface area contributed by atoms with E-state index in [9.17, 15) is 9.59 Å². The fourth-order valence-corrected chi connectivity index (χ4v) is 3.36. The number of aromatic nitrogens is 1. The van der Waals surface area contributed by atoms with Gasteiger partial charge in [0.05, 0.1) is 13.0 Å². The molecule has 0 radical (unpaired) electrons. The molecule has 1 aromatic heterocycles. The van der Waals surface area contributed by atoms with Crippen molar-refractivity contribution in [2.24, 2.45) is 0 Å². The number of nitrogens with zero attached hydrogens (tertiary/aromatic N) is 1. The largest absolute Gasteiger partial charge is 0.466 e. The van der Waals surface area contributed by atoms with Crippen molar-refractivity contribution in [3.05, 3.63) is 94.8 Å². The molecule has 0 N–H and O–H groups in total. The Hall–Kier alpha value is -3.40. The summed E-state index contributed by atoms with van der Waals surface area (Å²) in [4.78, 5) is 24.0. The summed E-state index contributed by atoms with van der Waals surface area (Å²) >= 11 is 0. The maximum atomic E-state index is 12.3. The van der Waals surface area contributed by atoms with Crippen LogP contribution in [-0.4, -0.2) is 22.9 Å². The summed E-state index contributed by atoms with van der Waals surface area (Å²) in [6, 6.07) is 19.2. The predicted molar refractivity (Wildman–Crippen MR) is 115 cm³/mol. The van der Waals surface area contributed by atoms with Gasteiger partial charge in [0.15, 0.2) is 5.78 Å². The highest BCUT2D eigenvalue weighted by atomic mass is 16.5. The maximum absolute atomic E-state index is 12.3. The summed E-state index contributed by atoms with van der Waals surface area (Å²) < 4.78 is 7.14. The molecule has 0 aliphatic heterocycles. The Balaban J connectivity index is 1.80. The van der Waals surface area contributed by atoms with Crippen LogP contribution < -0.4 is 0 Å². The summed E-state index contributed by atoms with van der Waals surface area (Å²) in [5.74, 6) is -0.234. The van der Waals surface area contributed by atoms with Gasteiger partial charge in [0.1, 0.15) is 0 Å². The Morgan fingerprint density at radius 1 is 1.00 bits per heavy atom. The van der Waals surface area contributed by atoms with Gasteiger partial charge in [0.2, 0.25) is 0 Å². The summed E-state index contributed by atoms with van der Waals surface area (Å²) in [6.45, 7) is 6.27. The van der Waals surface area contributed by atoms with E-state index in [1.165, 1.54) is 0 Å². The Morgan fingerprint density at radius 3 is 2.34 bits per heavy atom. The lowest BCUT2D eigenvalue weighted by Gasteiger charge is -2.10. The first kappa shape index (κ1) is 20.3. The normalized spacial score (nSPS) is 11.0. The number of carbonyl (C=O) groups is 2. The minimum atomic E-state index is -0.218. The van der Waals surface area contributed by atoms with Crippen molar-refractivity contribution in [1.82, 2.24) is 4.57 Å². The van der Waals surface area contributed by atoms with Crippen molar-refractivity contribution in [3.8, 4) is 5.69 Å². The Bertz CT molecular complexity index is 1030. The first-order chi connectivity index (χ1) is 14.0. The van der Waals surface area contributed by atoms with E-state index in [-0.39, 0.29) is 18.2 Å². The van der Waals surface area contributed by atoms with Crippen LogP contribution in [0.2, 0.25) is 0 Å². The Labute approximate surface area is 171 Å². The van der Waals surface area contributed by atoms with Crippen molar-refractivity contribution >= 4 is 17.8 Å². The second kappa shape index (κ2) is 9.20. The summed E-state index contributed by atoms with van der Waals surface area (Å²) in [5, 5.41) is 0. The van der Waals surface area contributed by atoms with Crippen LogP contribution in [0.25, 0.3) is 11.8 Å². The first-order valence-corrected chi connectivity index (χ1v) is 9.71. The second-order valence-electron chi connectivity index (χ2n) is 6.87. The molecule has 0 aliphatic rings. The number of ether oxygens (including phenoxy) is 1. The SMILES string of the molecule is CCOC(=O)Cc1ccc(-n2c(C)cc(/C=C/C(=O)c3ccccc3)c2C)cc1. The van der Waals surface area contributed by atoms with Crippen molar-refractivity contribution in [2.75, 3.05) is 6.61 Å². The monoisotopic (exact) mass is 387 g/mol. The van der Waals surface area contributed by atoms with E-state index < -0.39 is 0 Å². The van der Waals surface area contributed by atoms with Gasteiger partial charge in [-0.1, -0.05) is 42.5 Å². The molecule has 0 atom stereocenters. The lowest BCUT2D eigenvalue weighted by Crippen LogP contribution is -2.07. The molecule has 0 fully saturated rings. The number of aryl methyl sites for hydroxylation is 1. The van der Waals surface area contributed by atoms with Gasteiger partial charge in [-0.15, -0.1) is 0 Å². The van der Waals surface area contributed by atoms with Crippen LogP contribution in [0.4, 0.5) is 0 Å². The molecule has 29 heavy (non-hydrogen) atoms. The second-order valence-corrected chi connectivity index (χ2v) is 6.87. The van der Waals surface area contributed by atoms with Crippen molar-refractivity contribution in [3.63, 3.8) is 0 Å². The lowest BCUT2D eigenvalue weighted by molar-refractivity contribution is -0.142. The number of carbonyl (C=O) groups excluding carboxylic acids is 2. The van der Waals surface area contributed by atoms with Crippen LogP contribution >= 0.6 is 0 Å². The summed E-state index contributed by atoms with van der Waals surface area (Å²) in [5.41, 5.74) is 5.74. The third kappa shape index (κ3) is 4.91. The molecule has 0 aliphatic carbocycles. The van der Waals surface area contributed by atoms with Gasteiger partial charge >= 0.3 is 5.97 Å². The van der Waals surface area contributed by atoms with E-state index in [1.54, 1.807) is 13.0 Å². The van der Waals surface area contributed by atoms with Gasteiger partial charge in [-0.05, 0) is 62.2 Å². The molecular weight excluding hydrogens is 362 g/mol. The van der Waals surface area contributed by atoms with Gasteiger partial charge in [-0.25, -0.2) is 0 Å². The highest BCUT2D eigenvalue weighted by Crippen LogP contribution is 2.22. The highest BCUT2D eigenvalue weighted by molar-refractivity contribution is 6.06. The van der Waals surface area contributed by atoms with Gasteiger partial charge in [-0.2, -0.15) is 0 Å². The van der Waals surface area contributed by atoms with Crippen LogP contribution in [0, 0.1) is 13.8 Å². The molecule has 0 bridgehead atoms. The third-order valence-electron chi connectivity index (χ3n) is 4.79. The van der Waals surface area contributed by atoms with Crippen molar-refractivity contribution in [2.45, 2.75) is 27.2 Å². The van der Waals surface area contributed by atoms with Crippen LogP contribution in [-0.2, 0) is 16.0 Å². The zero-order valence-corrected chi connectivity index (χ0v) is 17.0. The molecule has 4 nitrogen and oxygen atoms in total. The van der Waals surface area contributed by atoms with E-state index in [0.717, 1.165) is 28.2 Å². The van der Waals surface area contributed by atoms with Gasteiger partial charge in [-0.3, -0.25) is 9.59 Å². The number of allylic oxidation sites excluding steroid dienone is 1. The number of hydrogen-bond donors (Lipinski definition) is 0.